The standard InChI is InChI=1S/C16H23N3O2/c1-4-17-13(7-10(2)3)11-5-6-12-14(8-11)19-16(21)9-15(20)18-12/h5-6,8,10,13,17H,4,7,9H2,1-3H3,(H,18,20)(H,19,21). The highest BCUT2D eigenvalue weighted by Gasteiger charge is 2.20. The summed E-state index contributed by atoms with van der Waals surface area (Å²) in [5, 5.41) is 9.02. The molecular weight excluding hydrogens is 266 g/mol. The van der Waals surface area contributed by atoms with E-state index >= 15 is 0 Å². The maximum Gasteiger partial charge on any atom is 0.233 e. The fraction of sp³-hybridized carbons (Fsp3) is 0.500. The molecule has 1 unspecified atom stereocenters. The molecule has 0 spiro atoms. The van der Waals surface area contributed by atoms with Crippen molar-refractivity contribution in [1.29, 1.82) is 0 Å². The van der Waals surface area contributed by atoms with Crippen LogP contribution in [0.2, 0.25) is 0 Å². The average Bonchev–Trinajstić information content (AvgIpc) is 2.53. The van der Waals surface area contributed by atoms with Crippen LogP contribution in [0.15, 0.2) is 18.2 Å². The third-order valence-corrected chi connectivity index (χ3v) is 3.47. The normalized spacial score (nSPS) is 16.0. The second-order valence-corrected chi connectivity index (χ2v) is 5.82. The molecule has 1 aliphatic heterocycles. The molecule has 0 radical (unpaired) electrons. The third kappa shape index (κ3) is 4.04. The SMILES string of the molecule is CCNC(CC(C)C)c1ccc2c(c1)NC(=O)CC(=O)N2. The van der Waals surface area contributed by atoms with E-state index in [0.717, 1.165) is 18.5 Å². The maximum atomic E-state index is 11.7. The second-order valence-electron chi connectivity index (χ2n) is 5.82. The quantitative estimate of drug-likeness (QED) is 0.730. The molecule has 1 aliphatic rings. The molecule has 3 N–H and O–H groups in total. The lowest BCUT2D eigenvalue weighted by Gasteiger charge is -2.21. The van der Waals surface area contributed by atoms with Gasteiger partial charge in [-0.25, -0.2) is 0 Å². The van der Waals surface area contributed by atoms with Crippen molar-refractivity contribution in [3.05, 3.63) is 23.8 Å². The number of amides is 2. The van der Waals surface area contributed by atoms with Crippen LogP contribution in [0.3, 0.4) is 0 Å². The number of hydrogen-bond acceptors (Lipinski definition) is 3. The Morgan fingerprint density at radius 3 is 2.43 bits per heavy atom. The summed E-state index contributed by atoms with van der Waals surface area (Å²) in [5.74, 6) is 0.0267. The molecule has 2 rings (SSSR count). The maximum absolute atomic E-state index is 11.7. The van der Waals surface area contributed by atoms with Crippen molar-refractivity contribution in [2.75, 3.05) is 17.2 Å². The van der Waals surface area contributed by atoms with Crippen LogP contribution in [0, 0.1) is 5.92 Å². The van der Waals surface area contributed by atoms with Gasteiger partial charge < -0.3 is 16.0 Å². The minimum absolute atomic E-state index is 0.132. The Kier molecular flexibility index (Phi) is 4.96. The number of carbonyl (C=O) groups excluding carboxylic acids is 2. The zero-order valence-corrected chi connectivity index (χ0v) is 12.8. The summed E-state index contributed by atoms with van der Waals surface area (Å²) in [6.45, 7) is 7.35. The van der Waals surface area contributed by atoms with Crippen molar-refractivity contribution in [2.45, 2.75) is 39.7 Å². The van der Waals surface area contributed by atoms with E-state index in [0.29, 0.717) is 17.3 Å². The fourth-order valence-electron chi connectivity index (χ4n) is 2.58. The predicted octanol–water partition coefficient (Wildman–Crippen LogP) is 2.66. The first kappa shape index (κ1) is 15.5. The first-order valence-corrected chi connectivity index (χ1v) is 7.46. The first-order chi connectivity index (χ1) is 9.99. The molecule has 1 aromatic carbocycles. The summed E-state index contributed by atoms with van der Waals surface area (Å²) >= 11 is 0. The molecule has 0 bridgehead atoms. The number of carbonyl (C=O) groups is 2. The van der Waals surface area contributed by atoms with Gasteiger partial charge >= 0.3 is 0 Å². The Balaban J connectivity index is 2.29. The van der Waals surface area contributed by atoms with Gasteiger partial charge in [-0.2, -0.15) is 0 Å². The molecule has 0 aliphatic carbocycles. The van der Waals surface area contributed by atoms with Gasteiger partial charge in [0, 0.05) is 6.04 Å². The van der Waals surface area contributed by atoms with Gasteiger partial charge in [0.15, 0.2) is 0 Å². The van der Waals surface area contributed by atoms with E-state index in [1.54, 1.807) is 0 Å². The van der Waals surface area contributed by atoms with E-state index in [-0.39, 0.29) is 24.3 Å². The molecular formula is C16H23N3O2. The van der Waals surface area contributed by atoms with E-state index in [1.807, 2.05) is 18.2 Å². The molecule has 5 nitrogen and oxygen atoms in total. The van der Waals surface area contributed by atoms with E-state index in [9.17, 15) is 9.59 Å². The van der Waals surface area contributed by atoms with Crippen molar-refractivity contribution in [3.63, 3.8) is 0 Å². The zero-order chi connectivity index (χ0) is 15.4. The first-order valence-electron chi connectivity index (χ1n) is 7.46. The summed E-state index contributed by atoms with van der Waals surface area (Å²) < 4.78 is 0. The summed E-state index contributed by atoms with van der Waals surface area (Å²) in [7, 11) is 0. The Morgan fingerprint density at radius 1 is 1.14 bits per heavy atom. The largest absolute Gasteiger partial charge is 0.324 e. The van der Waals surface area contributed by atoms with Crippen LogP contribution < -0.4 is 16.0 Å². The molecule has 1 atom stereocenters. The molecule has 2 amide bonds. The lowest BCUT2D eigenvalue weighted by molar-refractivity contribution is -0.123. The molecule has 1 heterocycles. The molecule has 21 heavy (non-hydrogen) atoms. The van der Waals surface area contributed by atoms with Gasteiger partial charge in [-0.15, -0.1) is 0 Å². The van der Waals surface area contributed by atoms with Crippen LogP contribution >= 0.6 is 0 Å². The molecule has 0 aromatic heterocycles. The van der Waals surface area contributed by atoms with E-state index < -0.39 is 0 Å². The number of hydrogen-bond donors (Lipinski definition) is 3. The van der Waals surface area contributed by atoms with Crippen molar-refractivity contribution in [1.82, 2.24) is 5.32 Å². The summed E-state index contributed by atoms with van der Waals surface area (Å²) in [6.07, 6.45) is 0.888. The molecule has 5 heteroatoms. The lowest BCUT2D eigenvalue weighted by atomic mass is 9.96. The Bertz CT molecular complexity index is 540. The number of nitrogens with one attached hydrogen (secondary N) is 3. The number of fused-ring (bicyclic) bond motifs is 1. The van der Waals surface area contributed by atoms with Crippen molar-refractivity contribution >= 4 is 23.2 Å². The predicted molar refractivity (Wildman–Crippen MR) is 84.2 cm³/mol. The summed E-state index contributed by atoms with van der Waals surface area (Å²) in [6, 6.07) is 6.07. The number of anilines is 2. The third-order valence-electron chi connectivity index (χ3n) is 3.47. The monoisotopic (exact) mass is 289 g/mol. The van der Waals surface area contributed by atoms with Gasteiger partial charge in [-0.1, -0.05) is 26.8 Å². The minimum atomic E-state index is -0.274. The average molecular weight is 289 g/mol. The molecule has 0 fully saturated rings. The van der Waals surface area contributed by atoms with Crippen LogP contribution in [-0.4, -0.2) is 18.4 Å². The van der Waals surface area contributed by atoms with Gasteiger partial charge in [0.2, 0.25) is 11.8 Å². The Hall–Kier alpha value is -1.88. The molecule has 0 saturated heterocycles. The van der Waals surface area contributed by atoms with Gasteiger partial charge in [-0.3, -0.25) is 9.59 Å². The van der Waals surface area contributed by atoms with Crippen LogP contribution in [0.25, 0.3) is 0 Å². The lowest BCUT2D eigenvalue weighted by Crippen LogP contribution is -2.22. The van der Waals surface area contributed by atoms with Gasteiger partial charge in [0.1, 0.15) is 6.42 Å². The van der Waals surface area contributed by atoms with Gasteiger partial charge in [0.05, 0.1) is 11.4 Å². The van der Waals surface area contributed by atoms with E-state index in [2.05, 4.69) is 36.7 Å². The fourth-order valence-corrected chi connectivity index (χ4v) is 2.58. The van der Waals surface area contributed by atoms with Crippen LogP contribution in [-0.2, 0) is 9.59 Å². The highest BCUT2D eigenvalue weighted by atomic mass is 16.2. The molecule has 1 aromatic rings. The van der Waals surface area contributed by atoms with E-state index in [1.165, 1.54) is 0 Å². The molecule has 114 valence electrons. The smallest absolute Gasteiger partial charge is 0.233 e. The van der Waals surface area contributed by atoms with Crippen LogP contribution in [0.5, 0.6) is 0 Å². The van der Waals surface area contributed by atoms with Crippen molar-refractivity contribution in [2.24, 2.45) is 5.92 Å². The topological polar surface area (TPSA) is 70.2 Å². The minimum Gasteiger partial charge on any atom is -0.324 e. The van der Waals surface area contributed by atoms with Gasteiger partial charge in [-0.05, 0) is 36.6 Å². The summed E-state index contributed by atoms with van der Waals surface area (Å²) in [5.41, 5.74) is 2.46. The number of rotatable bonds is 5. The number of benzene rings is 1. The van der Waals surface area contributed by atoms with Crippen molar-refractivity contribution in [3.8, 4) is 0 Å². The highest BCUT2D eigenvalue weighted by molar-refractivity contribution is 6.13. The second kappa shape index (κ2) is 6.72. The Morgan fingerprint density at radius 2 is 1.81 bits per heavy atom. The highest BCUT2D eigenvalue weighted by Crippen LogP contribution is 2.30. The van der Waals surface area contributed by atoms with Gasteiger partial charge in [0.25, 0.3) is 0 Å². The van der Waals surface area contributed by atoms with Crippen LogP contribution in [0.4, 0.5) is 11.4 Å². The zero-order valence-electron chi connectivity index (χ0n) is 12.8. The summed E-state index contributed by atoms with van der Waals surface area (Å²) in [4.78, 5) is 23.2. The van der Waals surface area contributed by atoms with Crippen LogP contribution in [0.1, 0.15) is 45.2 Å². The van der Waals surface area contributed by atoms with E-state index in [4.69, 9.17) is 0 Å². The Labute approximate surface area is 125 Å². The van der Waals surface area contributed by atoms with Crippen molar-refractivity contribution < 1.29 is 9.59 Å². The molecule has 0 saturated carbocycles.